The van der Waals surface area contributed by atoms with E-state index in [1.807, 2.05) is 66.7 Å². The lowest BCUT2D eigenvalue weighted by Gasteiger charge is -2.26. The molecule has 2 saturated heterocycles. The number of rotatable bonds is 7. The molecular formula is C32H29NO6. The zero-order valence-electron chi connectivity index (χ0n) is 21.6. The highest BCUT2D eigenvalue weighted by atomic mass is 16.7. The van der Waals surface area contributed by atoms with E-state index in [2.05, 4.69) is 24.3 Å². The van der Waals surface area contributed by atoms with Crippen LogP contribution < -0.4 is 4.74 Å². The number of methoxy groups -OCH3 is 1. The summed E-state index contributed by atoms with van der Waals surface area (Å²) >= 11 is 0. The molecule has 0 aromatic heterocycles. The minimum atomic E-state index is -0.622. The summed E-state index contributed by atoms with van der Waals surface area (Å²) in [5, 5.41) is 2.18. The Bertz CT molecular complexity index is 1500. The topological polar surface area (TPSA) is 74.3 Å². The average Bonchev–Trinajstić information content (AvgIpc) is 3.66. The van der Waals surface area contributed by atoms with Crippen molar-refractivity contribution in [2.24, 2.45) is 0 Å². The minimum Gasteiger partial charge on any atom is -0.497 e. The Kier molecular flexibility index (Phi) is 7.00. The van der Waals surface area contributed by atoms with Crippen LogP contribution in [0.25, 0.3) is 10.8 Å². The van der Waals surface area contributed by atoms with E-state index in [0.29, 0.717) is 19.0 Å². The molecule has 2 aliphatic rings. The molecule has 2 unspecified atom stereocenters. The molecule has 7 nitrogen and oxygen atoms in total. The molecule has 0 radical (unpaired) electrons. The Morgan fingerprint density at radius 3 is 2.44 bits per heavy atom. The molecule has 0 N–H and O–H groups in total. The normalized spacial score (nSPS) is 18.3. The molecule has 2 fully saturated rings. The van der Waals surface area contributed by atoms with Crippen molar-refractivity contribution >= 4 is 22.8 Å². The third-order valence-corrected chi connectivity index (χ3v) is 7.43. The van der Waals surface area contributed by atoms with Gasteiger partial charge in [-0.3, -0.25) is 4.79 Å². The van der Waals surface area contributed by atoms with Crippen LogP contribution in [-0.2, 0) is 19.0 Å². The molecule has 0 aliphatic carbocycles. The maximum atomic E-state index is 14.0. The number of hydrogen-bond acceptors (Lipinski definition) is 6. The Morgan fingerprint density at radius 2 is 1.67 bits per heavy atom. The van der Waals surface area contributed by atoms with Gasteiger partial charge in [0.2, 0.25) is 5.91 Å². The van der Waals surface area contributed by atoms with Gasteiger partial charge in [0.1, 0.15) is 18.4 Å². The Balaban J connectivity index is 1.43. The second kappa shape index (κ2) is 10.9. The SMILES string of the molecule is COc1ccc(C(CC(=O)N2C(=O)OCC2c2ccccc2)c2ccc3ccccc3c2)c(C2OCCO2)c1. The monoisotopic (exact) mass is 523 g/mol. The number of imide groups is 1. The Labute approximate surface area is 226 Å². The summed E-state index contributed by atoms with van der Waals surface area (Å²) in [6.45, 7) is 1.10. The fourth-order valence-corrected chi connectivity index (χ4v) is 5.46. The average molecular weight is 524 g/mol. The molecule has 0 bridgehead atoms. The smallest absolute Gasteiger partial charge is 0.417 e. The van der Waals surface area contributed by atoms with Gasteiger partial charge in [-0.05, 0) is 39.6 Å². The molecule has 6 rings (SSSR count). The van der Waals surface area contributed by atoms with Gasteiger partial charge in [-0.2, -0.15) is 0 Å². The number of benzene rings is 4. The van der Waals surface area contributed by atoms with E-state index < -0.39 is 18.4 Å². The molecule has 2 heterocycles. The maximum absolute atomic E-state index is 14.0. The number of hydrogen-bond donors (Lipinski definition) is 0. The van der Waals surface area contributed by atoms with E-state index in [0.717, 1.165) is 33.0 Å². The van der Waals surface area contributed by atoms with Crippen molar-refractivity contribution in [3.63, 3.8) is 0 Å². The number of cyclic esters (lactones) is 1. The summed E-state index contributed by atoms with van der Waals surface area (Å²) in [6.07, 6.45) is -1.13. The number of carbonyl (C=O) groups is 2. The van der Waals surface area contributed by atoms with E-state index in [1.165, 1.54) is 4.90 Å². The first-order chi connectivity index (χ1) is 19.1. The van der Waals surface area contributed by atoms with Crippen LogP contribution in [-0.4, -0.2) is 43.8 Å². The van der Waals surface area contributed by atoms with Crippen molar-refractivity contribution in [3.05, 3.63) is 113 Å². The lowest BCUT2D eigenvalue weighted by Crippen LogP contribution is -2.35. The summed E-state index contributed by atoms with van der Waals surface area (Å²) in [4.78, 5) is 28.0. The highest BCUT2D eigenvalue weighted by molar-refractivity contribution is 5.94. The zero-order valence-corrected chi connectivity index (χ0v) is 21.6. The van der Waals surface area contributed by atoms with Crippen LogP contribution in [0.3, 0.4) is 0 Å². The fraction of sp³-hybridized carbons (Fsp3) is 0.250. The van der Waals surface area contributed by atoms with Crippen molar-refractivity contribution in [2.75, 3.05) is 26.9 Å². The van der Waals surface area contributed by atoms with Crippen LogP contribution in [0.5, 0.6) is 5.75 Å². The van der Waals surface area contributed by atoms with Crippen molar-refractivity contribution < 1.29 is 28.5 Å². The number of ether oxygens (including phenoxy) is 4. The molecule has 2 aliphatic heterocycles. The number of carbonyl (C=O) groups excluding carboxylic acids is 2. The van der Waals surface area contributed by atoms with Crippen molar-refractivity contribution in [2.45, 2.75) is 24.7 Å². The largest absolute Gasteiger partial charge is 0.497 e. The minimum absolute atomic E-state index is 0.0584. The van der Waals surface area contributed by atoms with Crippen LogP contribution in [0.4, 0.5) is 4.79 Å². The summed E-state index contributed by atoms with van der Waals surface area (Å²) in [7, 11) is 1.61. The molecule has 39 heavy (non-hydrogen) atoms. The Morgan fingerprint density at radius 1 is 0.923 bits per heavy atom. The molecular weight excluding hydrogens is 494 g/mol. The van der Waals surface area contributed by atoms with Gasteiger partial charge in [0.05, 0.1) is 20.3 Å². The van der Waals surface area contributed by atoms with Gasteiger partial charge in [0.25, 0.3) is 0 Å². The second-order valence-corrected chi connectivity index (χ2v) is 9.70. The summed E-state index contributed by atoms with van der Waals surface area (Å²) in [6, 6.07) is 29.1. The highest BCUT2D eigenvalue weighted by Crippen LogP contribution is 2.40. The summed E-state index contributed by atoms with van der Waals surface area (Å²) in [5.41, 5.74) is 3.50. The van der Waals surface area contributed by atoms with Crippen LogP contribution in [0.15, 0.2) is 91.0 Å². The summed E-state index contributed by atoms with van der Waals surface area (Å²) < 4.78 is 22.6. The van der Waals surface area contributed by atoms with Gasteiger partial charge in [-0.25, -0.2) is 9.69 Å². The van der Waals surface area contributed by atoms with Crippen LogP contribution in [0.2, 0.25) is 0 Å². The first kappa shape index (κ1) is 25.1. The van der Waals surface area contributed by atoms with E-state index in [-0.39, 0.29) is 24.9 Å². The number of fused-ring (bicyclic) bond motifs is 1. The third kappa shape index (κ3) is 4.99. The van der Waals surface area contributed by atoms with Gasteiger partial charge in [-0.1, -0.05) is 78.9 Å². The zero-order chi connectivity index (χ0) is 26.8. The molecule has 0 saturated carbocycles. The molecule has 198 valence electrons. The van der Waals surface area contributed by atoms with Gasteiger partial charge in [0.15, 0.2) is 6.29 Å². The quantitative estimate of drug-likeness (QED) is 0.290. The van der Waals surface area contributed by atoms with E-state index in [4.69, 9.17) is 18.9 Å². The predicted molar refractivity (Wildman–Crippen MR) is 145 cm³/mol. The molecule has 0 spiro atoms. The van der Waals surface area contributed by atoms with Gasteiger partial charge < -0.3 is 18.9 Å². The molecule has 4 aromatic rings. The van der Waals surface area contributed by atoms with E-state index in [1.54, 1.807) is 7.11 Å². The van der Waals surface area contributed by atoms with Crippen molar-refractivity contribution in [1.82, 2.24) is 4.90 Å². The molecule has 7 heteroatoms. The standard InChI is InChI=1S/C32H29NO6/c1-36-25-13-14-26(28(18-25)31-37-15-16-38-31)27(24-12-11-21-7-5-6-10-23(21)17-24)19-30(34)33-29(20-39-32(33)35)22-8-3-2-4-9-22/h2-14,17-18,27,29,31H,15-16,19-20H2,1H3. The van der Waals surface area contributed by atoms with E-state index >= 15 is 0 Å². The fourth-order valence-electron chi connectivity index (χ4n) is 5.46. The second-order valence-electron chi connectivity index (χ2n) is 9.70. The van der Waals surface area contributed by atoms with Crippen LogP contribution >= 0.6 is 0 Å². The third-order valence-electron chi connectivity index (χ3n) is 7.43. The molecule has 2 atom stereocenters. The van der Waals surface area contributed by atoms with Gasteiger partial charge in [-0.15, -0.1) is 0 Å². The van der Waals surface area contributed by atoms with Crippen molar-refractivity contribution in [1.29, 1.82) is 0 Å². The van der Waals surface area contributed by atoms with Gasteiger partial charge >= 0.3 is 6.09 Å². The van der Waals surface area contributed by atoms with Crippen LogP contribution in [0, 0.1) is 0 Å². The van der Waals surface area contributed by atoms with Crippen LogP contribution in [0.1, 0.15) is 46.9 Å². The molecule has 2 amide bonds. The predicted octanol–water partition coefficient (Wildman–Crippen LogP) is 6.14. The van der Waals surface area contributed by atoms with E-state index in [9.17, 15) is 9.59 Å². The summed E-state index contributed by atoms with van der Waals surface area (Å²) in [5.74, 6) is -0.0103. The first-order valence-electron chi connectivity index (χ1n) is 13.1. The van der Waals surface area contributed by atoms with Gasteiger partial charge in [0, 0.05) is 17.9 Å². The number of nitrogens with zero attached hydrogens (tertiary/aromatic N) is 1. The van der Waals surface area contributed by atoms with Crippen molar-refractivity contribution in [3.8, 4) is 5.75 Å². The first-order valence-corrected chi connectivity index (χ1v) is 13.1. The number of amides is 2. The lowest BCUT2D eigenvalue weighted by molar-refractivity contribution is -0.129. The highest BCUT2D eigenvalue weighted by Gasteiger charge is 2.40. The maximum Gasteiger partial charge on any atom is 0.417 e. The lowest BCUT2D eigenvalue weighted by atomic mass is 9.84. The Hall–Kier alpha value is -4.20. The molecule has 4 aromatic carbocycles.